The number of carbonyl (C=O) groups excluding carboxylic acids is 2. The molecule has 1 atom stereocenters. The van der Waals surface area contributed by atoms with Gasteiger partial charge in [-0.1, -0.05) is 20.8 Å². The van der Waals surface area contributed by atoms with Gasteiger partial charge in [-0.2, -0.15) is 0 Å². The van der Waals surface area contributed by atoms with E-state index >= 15 is 0 Å². The van der Waals surface area contributed by atoms with Crippen molar-refractivity contribution in [3.05, 3.63) is 0 Å². The first-order valence-corrected chi connectivity index (χ1v) is 8.05. The predicted octanol–water partition coefficient (Wildman–Crippen LogP) is 1.01. The Balaban J connectivity index is 1.63. The minimum atomic E-state index is -0.646. The lowest BCUT2D eigenvalue weighted by Gasteiger charge is -2.48. The van der Waals surface area contributed by atoms with E-state index in [0.29, 0.717) is 25.6 Å². The van der Waals surface area contributed by atoms with Crippen LogP contribution in [-0.4, -0.2) is 58.0 Å². The van der Waals surface area contributed by atoms with Gasteiger partial charge in [-0.05, 0) is 31.6 Å². The van der Waals surface area contributed by atoms with E-state index in [1.54, 1.807) is 9.80 Å². The van der Waals surface area contributed by atoms with E-state index in [1.807, 2.05) is 20.8 Å². The summed E-state index contributed by atoms with van der Waals surface area (Å²) >= 11 is 0. The highest BCUT2D eigenvalue weighted by Gasteiger charge is 2.54. The molecule has 0 spiro atoms. The van der Waals surface area contributed by atoms with E-state index in [1.165, 1.54) is 0 Å². The van der Waals surface area contributed by atoms with Crippen LogP contribution in [0.15, 0.2) is 0 Å². The average Bonchev–Trinajstić information content (AvgIpc) is 3.10. The van der Waals surface area contributed by atoms with Crippen LogP contribution in [-0.2, 0) is 9.59 Å². The lowest BCUT2D eigenvalue weighted by Crippen LogP contribution is -2.67. The van der Waals surface area contributed by atoms with Crippen LogP contribution in [0.25, 0.3) is 0 Å². The van der Waals surface area contributed by atoms with Crippen LogP contribution in [0.2, 0.25) is 0 Å². The summed E-state index contributed by atoms with van der Waals surface area (Å²) in [5.74, 6) is 0.462. The first kappa shape index (κ1) is 14.8. The molecule has 5 heteroatoms. The van der Waals surface area contributed by atoms with Crippen molar-refractivity contribution in [2.75, 3.05) is 19.6 Å². The quantitative estimate of drug-likeness (QED) is 0.827. The maximum atomic E-state index is 12.6. The van der Waals surface area contributed by atoms with Gasteiger partial charge in [0.25, 0.3) is 0 Å². The molecule has 1 aliphatic carbocycles. The van der Waals surface area contributed by atoms with Crippen LogP contribution in [0.1, 0.15) is 46.5 Å². The van der Waals surface area contributed by atoms with Crippen LogP contribution in [0.3, 0.4) is 0 Å². The summed E-state index contributed by atoms with van der Waals surface area (Å²) in [5, 5.41) is 10.3. The third-order valence-electron chi connectivity index (χ3n) is 5.02. The van der Waals surface area contributed by atoms with Gasteiger partial charge in [-0.15, -0.1) is 0 Å². The van der Waals surface area contributed by atoms with Gasteiger partial charge < -0.3 is 14.9 Å². The maximum absolute atomic E-state index is 12.6. The monoisotopic (exact) mass is 294 g/mol. The molecule has 0 bridgehead atoms. The number of carbonyl (C=O) groups is 2. The van der Waals surface area contributed by atoms with Crippen molar-refractivity contribution in [3.8, 4) is 0 Å². The standard InChI is InChI=1S/C16H26N2O3/c1-15(2,3)14(20)18-8-4-5-12(18)13(19)17-9-16(21,10-17)11-6-7-11/h11-12,21H,4-10H2,1-3H3. The van der Waals surface area contributed by atoms with E-state index in [0.717, 1.165) is 25.7 Å². The van der Waals surface area contributed by atoms with Crippen LogP contribution in [0.5, 0.6) is 0 Å². The predicted molar refractivity (Wildman–Crippen MR) is 78.4 cm³/mol. The Labute approximate surface area is 126 Å². The highest BCUT2D eigenvalue weighted by atomic mass is 16.3. The fraction of sp³-hybridized carbons (Fsp3) is 0.875. The lowest BCUT2D eigenvalue weighted by molar-refractivity contribution is -0.166. The molecule has 3 aliphatic rings. The summed E-state index contributed by atoms with van der Waals surface area (Å²) in [4.78, 5) is 28.6. The van der Waals surface area contributed by atoms with Crippen molar-refractivity contribution in [2.45, 2.75) is 58.1 Å². The van der Waals surface area contributed by atoms with Crippen molar-refractivity contribution in [2.24, 2.45) is 11.3 Å². The van der Waals surface area contributed by atoms with Gasteiger partial charge in [0.05, 0.1) is 13.1 Å². The smallest absolute Gasteiger partial charge is 0.245 e. The minimum Gasteiger partial charge on any atom is -0.386 e. The number of β-amino-alcohol motifs (C(OH)–C–C–N with tert-alkyl or cyclic N) is 1. The molecule has 2 aliphatic heterocycles. The largest absolute Gasteiger partial charge is 0.386 e. The molecular weight excluding hydrogens is 268 g/mol. The van der Waals surface area contributed by atoms with Crippen LogP contribution in [0.4, 0.5) is 0 Å². The zero-order valence-electron chi connectivity index (χ0n) is 13.3. The zero-order valence-corrected chi connectivity index (χ0v) is 13.3. The molecule has 0 aromatic rings. The molecule has 5 nitrogen and oxygen atoms in total. The van der Waals surface area contributed by atoms with E-state index in [4.69, 9.17) is 0 Å². The highest BCUT2D eigenvalue weighted by molar-refractivity contribution is 5.90. The van der Waals surface area contributed by atoms with Crippen LogP contribution >= 0.6 is 0 Å². The van der Waals surface area contributed by atoms with Gasteiger partial charge in [0.1, 0.15) is 11.6 Å². The molecule has 0 radical (unpaired) electrons. The van der Waals surface area contributed by atoms with Gasteiger partial charge in [0.2, 0.25) is 11.8 Å². The molecule has 3 fully saturated rings. The molecule has 3 rings (SSSR count). The molecule has 118 valence electrons. The Bertz CT molecular complexity index is 459. The van der Waals surface area contributed by atoms with Crippen molar-refractivity contribution in [1.29, 1.82) is 0 Å². The molecule has 2 saturated heterocycles. The van der Waals surface area contributed by atoms with Crippen molar-refractivity contribution in [3.63, 3.8) is 0 Å². The second-order valence-corrected chi connectivity index (χ2v) is 7.98. The SMILES string of the molecule is CC(C)(C)C(=O)N1CCCC1C(=O)N1CC(O)(C2CC2)C1. The lowest BCUT2D eigenvalue weighted by atomic mass is 9.88. The molecule has 0 aromatic carbocycles. The minimum absolute atomic E-state index is 0.0235. The Kier molecular flexibility index (Phi) is 3.32. The third-order valence-corrected chi connectivity index (χ3v) is 5.02. The Morgan fingerprint density at radius 3 is 2.29 bits per heavy atom. The summed E-state index contributed by atoms with van der Waals surface area (Å²) in [6.45, 7) is 7.25. The first-order valence-electron chi connectivity index (χ1n) is 8.05. The van der Waals surface area contributed by atoms with E-state index in [2.05, 4.69) is 0 Å². The fourth-order valence-electron chi connectivity index (χ4n) is 3.56. The molecular formula is C16H26N2O3. The highest BCUT2D eigenvalue weighted by Crippen LogP contribution is 2.45. The summed E-state index contributed by atoms with van der Waals surface area (Å²) in [5.41, 5.74) is -1.10. The van der Waals surface area contributed by atoms with Gasteiger partial charge in [-0.25, -0.2) is 0 Å². The molecule has 1 N–H and O–H groups in total. The Hall–Kier alpha value is -1.10. The van der Waals surface area contributed by atoms with E-state index in [9.17, 15) is 14.7 Å². The summed E-state index contributed by atoms with van der Waals surface area (Å²) in [6.07, 6.45) is 3.80. The molecule has 2 heterocycles. The first-order chi connectivity index (χ1) is 9.72. The van der Waals surface area contributed by atoms with Gasteiger partial charge in [0, 0.05) is 12.0 Å². The number of rotatable bonds is 2. The number of nitrogens with zero attached hydrogens (tertiary/aromatic N) is 2. The fourth-order valence-corrected chi connectivity index (χ4v) is 3.56. The van der Waals surface area contributed by atoms with Crippen molar-refractivity contribution < 1.29 is 14.7 Å². The number of amides is 2. The molecule has 1 unspecified atom stereocenters. The number of hydrogen-bond donors (Lipinski definition) is 1. The third kappa shape index (κ3) is 2.56. The van der Waals surface area contributed by atoms with Gasteiger partial charge >= 0.3 is 0 Å². The van der Waals surface area contributed by atoms with Crippen molar-refractivity contribution >= 4 is 11.8 Å². The zero-order chi connectivity index (χ0) is 15.4. The second-order valence-electron chi connectivity index (χ2n) is 7.98. The number of likely N-dealkylation sites (tertiary alicyclic amines) is 2. The topological polar surface area (TPSA) is 60.9 Å². The van der Waals surface area contributed by atoms with Crippen LogP contribution < -0.4 is 0 Å². The van der Waals surface area contributed by atoms with E-state index < -0.39 is 11.0 Å². The summed E-state index contributed by atoms with van der Waals surface area (Å²) in [6, 6.07) is -0.319. The Morgan fingerprint density at radius 1 is 1.14 bits per heavy atom. The summed E-state index contributed by atoms with van der Waals surface area (Å²) in [7, 11) is 0. The van der Waals surface area contributed by atoms with Gasteiger partial charge in [0.15, 0.2) is 0 Å². The van der Waals surface area contributed by atoms with Crippen LogP contribution in [0, 0.1) is 11.3 Å². The maximum Gasteiger partial charge on any atom is 0.245 e. The van der Waals surface area contributed by atoms with Crippen molar-refractivity contribution in [1.82, 2.24) is 9.80 Å². The summed E-state index contributed by atoms with van der Waals surface area (Å²) < 4.78 is 0. The number of aliphatic hydroxyl groups is 1. The van der Waals surface area contributed by atoms with Gasteiger partial charge in [-0.3, -0.25) is 9.59 Å². The molecule has 21 heavy (non-hydrogen) atoms. The number of hydrogen-bond acceptors (Lipinski definition) is 3. The molecule has 2 amide bonds. The second kappa shape index (κ2) is 4.70. The Morgan fingerprint density at radius 2 is 1.76 bits per heavy atom. The van der Waals surface area contributed by atoms with E-state index in [-0.39, 0.29) is 17.9 Å². The average molecular weight is 294 g/mol. The normalized spacial score (nSPS) is 28.5. The molecule has 0 aromatic heterocycles. The molecule has 1 saturated carbocycles.